The first-order valence-corrected chi connectivity index (χ1v) is 12.2. The summed E-state index contributed by atoms with van der Waals surface area (Å²) in [5.41, 5.74) is 2.71. The van der Waals surface area contributed by atoms with Crippen LogP contribution in [-0.4, -0.2) is 16.2 Å². The number of ether oxygens (including phenoxy) is 1. The summed E-state index contributed by atoms with van der Waals surface area (Å²) in [7, 11) is 0. The normalized spacial score (nSPS) is 10.9. The maximum absolute atomic E-state index is 14.6. The molecule has 0 radical (unpaired) electrons. The summed E-state index contributed by atoms with van der Waals surface area (Å²) >= 11 is 6.38. The van der Waals surface area contributed by atoms with E-state index in [9.17, 15) is 18.8 Å². The lowest BCUT2D eigenvalue weighted by atomic mass is 10.00. The van der Waals surface area contributed by atoms with Crippen molar-refractivity contribution >= 4 is 22.4 Å². The van der Waals surface area contributed by atoms with Crippen LogP contribution in [0.25, 0.3) is 33.2 Å². The van der Waals surface area contributed by atoms with Gasteiger partial charge in [0.2, 0.25) is 5.88 Å². The van der Waals surface area contributed by atoms with E-state index in [1.165, 1.54) is 10.6 Å². The molecule has 2 aromatic heterocycles. The molecule has 3 aromatic carbocycles. The van der Waals surface area contributed by atoms with E-state index in [2.05, 4.69) is 11.1 Å². The molecule has 5 nitrogen and oxygen atoms in total. The molecular weight excluding hydrogens is 508 g/mol. The number of fused-ring (bicyclic) bond motifs is 1. The first-order chi connectivity index (χ1) is 18.4. The van der Waals surface area contributed by atoms with E-state index in [-0.39, 0.29) is 23.0 Å². The molecule has 188 valence electrons. The fourth-order valence-electron chi connectivity index (χ4n) is 4.37. The van der Waals surface area contributed by atoms with Crippen molar-refractivity contribution in [2.75, 3.05) is 6.61 Å². The van der Waals surface area contributed by atoms with Crippen LogP contribution in [0.15, 0.2) is 83.8 Å². The van der Waals surface area contributed by atoms with Crippen LogP contribution in [0, 0.1) is 23.0 Å². The molecule has 0 saturated carbocycles. The highest BCUT2D eigenvalue weighted by molar-refractivity contribution is 6.35. The van der Waals surface area contributed by atoms with Gasteiger partial charge in [-0.1, -0.05) is 48.0 Å². The quantitative estimate of drug-likeness (QED) is 0.239. The summed E-state index contributed by atoms with van der Waals surface area (Å²) in [5, 5.41) is 10.8. The van der Waals surface area contributed by atoms with E-state index in [1.54, 1.807) is 30.5 Å². The van der Waals surface area contributed by atoms with Gasteiger partial charge >= 0.3 is 0 Å². The Morgan fingerprint density at radius 2 is 1.79 bits per heavy atom. The largest absolute Gasteiger partial charge is 0.477 e. The van der Waals surface area contributed by atoms with Crippen molar-refractivity contribution in [2.45, 2.75) is 13.5 Å². The van der Waals surface area contributed by atoms with Gasteiger partial charge < -0.3 is 9.30 Å². The Balaban J connectivity index is 1.69. The minimum absolute atomic E-state index is 0.130. The molecule has 0 saturated heterocycles. The SMILES string of the molecule is CCOc1ncc(-c2cccc(-c3cc4cccc(Cl)c4c(=O)n3Cc3ccc(F)cc3F)c2)cc1C#N. The monoisotopic (exact) mass is 527 g/mol. The van der Waals surface area contributed by atoms with Crippen LogP contribution in [0.2, 0.25) is 5.02 Å². The van der Waals surface area contributed by atoms with E-state index in [0.29, 0.717) is 39.8 Å². The summed E-state index contributed by atoms with van der Waals surface area (Å²) in [6.45, 7) is 2.07. The number of nitrogens with zero attached hydrogens (tertiary/aromatic N) is 3. The number of halogens is 3. The van der Waals surface area contributed by atoms with Crippen LogP contribution in [0.3, 0.4) is 0 Å². The Morgan fingerprint density at radius 1 is 1.00 bits per heavy atom. The summed E-state index contributed by atoms with van der Waals surface area (Å²) < 4.78 is 35.0. The van der Waals surface area contributed by atoms with Gasteiger partial charge in [0.25, 0.3) is 5.56 Å². The third kappa shape index (κ3) is 4.74. The van der Waals surface area contributed by atoms with Crippen LogP contribution >= 0.6 is 11.6 Å². The first kappa shape index (κ1) is 25.1. The number of aromatic nitrogens is 2. The maximum Gasteiger partial charge on any atom is 0.260 e. The van der Waals surface area contributed by atoms with Gasteiger partial charge in [-0.2, -0.15) is 5.26 Å². The molecule has 0 aliphatic carbocycles. The Labute approximate surface area is 222 Å². The highest BCUT2D eigenvalue weighted by atomic mass is 35.5. The molecule has 0 fully saturated rings. The van der Waals surface area contributed by atoms with Gasteiger partial charge in [0.15, 0.2) is 0 Å². The van der Waals surface area contributed by atoms with E-state index in [4.69, 9.17) is 16.3 Å². The third-order valence-electron chi connectivity index (χ3n) is 6.18. The molecule has 0 unspecified atom stereocenters. The Bertz CT molecular complexity index is 1790. The van der Waals surface area contributed by atoms with Gasteiger partial charge in [-0.3, -0.25) is 4.79 Å². The van der Waals surface area contributed by atoms with Crippen LogP contribution in [-0.2, 0) is 6.54 Å². The smallest absolute Gasteiger partial charge is 0.260 e. The lowest BCUT2D eigenvalue weighted by molar-refractivity contribution is 0.326. The molecule has 0 spiro atoms. The maximum atomic E-state index is 14.6. The van der Waals surface area contributed by atoms with Gasteiger partial charge in [0.05, 0.1) is 29.3 Å². The van der Waals surface area contributed by atoms with Gasteiger partial charge in [-0.05, 0) is 53.8 Å². The summed E-state index contributed by atoms with van der Waals surface area (Å²) in [5.74, 6) is -1.19. The zero-order valence-electron chi connectivity index (χ0n) is 20.2. The Morgan fingerprint density at radius 3 is 2.55 bits per heavy atom. The lowest BCUT2D eigenvalue weighted by Gasteiger charge is -2.17. The number of hydrogen-bond acceptors (Lipinski definition) is 4. The predicted octanol–water partition coefficient (Wildman–Crippen LogP) is 6.98. The second kappa shape index (κ2) is 10.4. The van der Waals surface area contributed by atoms with Crippen LogP contribution < -0.4 is 10.3 Å². The van der Waals surface area contributed by atoms with E-state index in [0.717, 1.165) is 17.7 Å². The molecule has 0 aliphatic rings. The van der Waals surface area contributed by atoms with Gasteiger partial charge in [-0.25, -0.2) is 13.8 Å². The third-order valence-corrected chi connectivity index (χ3v) is 6.49. The van der Waals surface area contributed by atoms with Crippen molar-refractivity contribution in [1.82, 2.24) is 9.55 Å². The fraction of sp³-hybridized carbons (Fsp3) is 0.100. The highest BCUT2D eigenvalue weighted by Crippen LogP contribution is 2.31. The summed E-state index contributed by atoms with van der Waals surface area (Å²) in [6, 6.07) is 21.4. The van der Waals surface area contributed by atoms with Gasteiger partial charge in [0, 0.05) is 23.4 Å². The van der Waals surface area contributed by atoms with Crippen LogP contribution in [0.4, 0.5) is 8.78 Å². The zero-order valence-corrected chi connectivity index (χ0v) is 21.0. The number of nitriles is 1. The van der Waals surface area contributed by atoms with Crippen molar-refractivity contribution in [2.24, 2.45) is 0 Å². The summed E-state index contributed by atoms with van der Waals surface area (Å²) in [4.78, 5) is 18.0. The molecule has 38 heavy (non-hydrogen) atoms. The average molecular weight is 528 g/mol. The highest BCUT2D eigenvalue weighted by Gasteiger charge is 2.16. The Kier molecular flexibility index (Phi) is 6.91. The molecular formula is C30H20ClF2N3O2. The lowest BCUT2D eigenvalue weighted by Crippen LogP contribution is -2.23. The average Bonchev–Trinajstić information content (AvgIpc) is 2.91. The predicted molar refractivity (Wildman–Crippen MR) is 143 cm³/mol. The molecule has 0 bridgehead atoms. The van der Waals surface area contributed by atoms with Crippen molar-refractivity contribution in [3.05, 3.63) is 117 Å². The minimum Gasteiger partial charge on any atom is -0.477 e. The van der Waals surface area contributed by atoms with Crippen molar-refractivity contribution in [1.29, 1.82) is 5.26 Å². The fourth-order valence-corrected chi connectivity index (χ4v) is 4.64. The second-order valence-corrected chi connectivity index (χ2v) is 8.97. The molecule has 0 N–H and O–H groups in total. The molecule has 5 rings (SSSR count). The number of rotatable bonds is 6. The van der Waals surface area contributed by atoms with Gasteiger partial charge in [0.1, 0.15) is 23.3 Å². The van der Waals surface area contributed by atoms with E-state index >= 15 is 0 Å². The Hall–Kier alpha value is -4.54. The number of pyridine rings is 2. The standard InChI is InChI=1S/C30H20ClF2N3O2/c1-2-38-29-22(15-34)12-23(16-35-29)18-5-3-6-19(11-18)27-13-20-7-4-8-25(31)28(20)30(37)36(27)17-21-9-10-24(32)14-26(21)33/h3-14,16H,2,17H2,1H3. The minimum atomic E-state index is -0.750. The number of benzene rings is 3. The molecule has 0 amide bonds. The van der Waals surface area contributed by atoms with Crippen molar-refractivity contribution in [3.8, 4) is 34.3 Å². The first-order valence-electron chi connectivity index (χ1n) is 11.8. The number of hydrogen-bond donors (Lipinski definition) is 0. The van der Waals surface area contributed by atoms with Crippen LogP contribution in [0.1, 0.15) is 18.1 Å². The van der Waals surface area contributed by atoms with E-state index < -0.39 is 17.2 Å². The van der Waals surface area contributed by atoms with E-state index in [1.807, 2.05) is 37.3 Å². The van der Waals surface area contributed by atoms with Crippen LogP contribution in [0.5, 0.6) is 5.88 Å². The van der Waals surface area contributed by atoms with Gasteiger partial charge in [-0.15, -0.1) is 0 Å². The zero-order chi connectivity index (χ0) is 26.8. The molecule has 5 aromatic rings. The van der Waals surface area contributed by atoms with Crippen molar-refractivity contribution in [3.63, 3.8) is 0 Å². The summed E-state index contributed by atoms with van der Waals surface area (Å²) in [6.07, 6.45) is 1.62. The van der Waals surface area contributed by atoms with Crippen molar-refractivity contribution < 1.29 is 13.5 Å². The second-order valence-electron chi connectivity index (χ2n) is 8.56. The molecule has 8 heteroatoms. The molecule has 2 heterocycles. The molecule has 0 aliphatic heterocycles. The molecule has 0 atom stereocenters. The topological polar surface area (TPSA) is 67.9 Å².